The Kier molecular flexibility index (Phi) is 5.13. The predicted octanol–water partition coefficient (Wildman–Crippen LogP) is 0.574. The fourth-order valence-electron chi connectivity index (χ4n) is 1.32. The Balaban J connectivity index is 2.54. The van der Waals surface area contributed by atoms with Crippen LogP contribution in [0.4, 0.5) is 10.5 Å². The van der Waals surface area contributed by atoms with Gasteiger partial charge in [0, 0.05) is 18.8 Å². The van der Waals surface area contributed by atoms with E-state index in [0.717, 1.165) is 5.56 Å². The van der Waals surface area contributed by atoms with Gasteiger partial charge in [-0.25, -0.2) is 4.79 Å². The van der Waals surface area contributed by atoms with Gasteiger partial charge in [0.05, 0.1) is 6.54 Å². The number of amides is 3. The molecule has 0 heterocycles. The maximum atomic E-state index is 11.5. The van der Waals surface area contributed by atoms with Crippen LogP contribution in [0.25, 0.3) is 0 Å². The summed E-state index contributed by atoms with van der Waals surface area (Å²) in [5, 5.41) is 7.48. The molecule has 1 rings (SSSR count). The number of hydrogen-bond donors (Lipinski definition) is 4. The van der Waals surface area contributed by atoms with Crippen molar-refractivity contribution in [1.29, 1.82) is 0 Å². The van der Waals surface area contributed by atoms with Gasteiger partial charge >= 0.3 is 6.03 Å². The van der Waals surface area contributed by atoms with Gasteiger partial charge in [0.25, 0.3) is 0 Å². The number of nitrogens with two attached hydrogens (primary N) is 1. The van der Waals surface area contributed by atoms with Crippen LogP contribution in [0.1, 0.15) is 18.5 Å². The summed E-state index contributed by atoms with van der Waals surface area (Å²) in [6.45, 7) is 1.81. The summed E-state index contributed by atoms with van der Waals surface area (Å²) in [7, 11) is 1.51. The normalized spacial score (nSPS) is 11.5. The van der Waals surface area contributed by atoms with E-state index in [-0.39, 0.29) is 18.5 Å². The van der Waals surface area contributed by atoms with Crippen LogP contribution in [0.15, 0.2) is 24.3 Å². The van der Waals surface area contributed by atoms with E-state index in [0.29, 0.717) is 5.69 Å². The van der Waals surface area contributed by atoms with Crippen molar-refractivity contribution in [2.45, 2.75) is 13.0 Å². The monoisotopic (exact) mass is 250 g/mol. The zero-order chi connectivity index (χ0) is 13.5. The Bertz CT molecular complexity index is 432. The van der Waals surface area contributed by atoms with E-state index in [9.17, 15) is 9.59 Å². The van der Waals surface area contributed by atoms with E-state index in [4.69, 9.17) is 5.73 Å². The molecule has 1 atom stereocenters. The van der Waals surface area contributed by atoms with E-state index in [1.165, 1.54) is 7.05 Å². The van der Waals surface area contributed by atoms with Gasteiger partial charge in [0.15, 0.2) is 0 Å². The van der Waals surface area contributed by atoms with Crippen LogP contribution >= 0.6 is 0 Å². The summed E-state index contributed by atoms with van der Waals surface area (Å²) in [6.07, 6.45) is 0. The molecule has 0 bridgehead atoms. The van der Waals surface area contributed by atoms with Gasteiger partial charge in [0.1, 0.15) is 0 Å². The van der Waals surface area contributed by atoms with Gasteiger partial charge in [-0.1, -0.05) is 12.1 Å². The molecule has 6 nitrogen and oxygen atoms in total. The van der Waals surface area contributed by atoms with Crippen LogP contribution in [0.5, 0.6) is 0 Å². The molecule has 0 radical (unpaired) electrons. The Labute approximate surface area is 106 Å². The molecule has 0 saturated heterocycles. The first-order chi connectivity index (χ1) is 8.52. The highest BCUT2D eigenvalue weighted by Gasteiger charge is 2.05. The number of carbonyl (C=O) groups excluding carboxylic acids is 2. The minimum absolute atomic E-state index is 0.0602. The van der Waals surface area contributed by atoms with E-state index in [2.05, 4.69) is 16.0 Å². The molecule has 18 heavy (non-hydrogen) atoms. The molecule has 1 unspecified atom stereocenters. The average Bonchev–Trinajstić information content (AvgIpc) is 2.36. The lowest BCUT2D eigenvalue weighted by Gasteiger charge is -2.10. The summed E-state index contributed by atoms with van der Waals surface area (Å²) >= 11 is 0. The highest BCUT2D eigenvalue weighted by Crippen LogP contribution is 2.15. The molecule has 6 heteroatoms. The third kappa shape index (κ3) is 4.42. The Morgan fingerprint density at radius 2 is 2.11 bits per heavy atom. The third-order valence-corrected chi connectivity index (χ3v) is 2.36. The Morgan fingerprint density at radius 1 is 1.39 bits per heavy atom. The number of anilines is 1. The SMILES string of the molecule is CNC(=O)CNC(=O)Nc1cccc(C(C)N)c1. The summed E-state index contributed by atoms with van der Waals surface area (Å²) in [6, 6.07) is 6.72. The largest absolute Gasteiger partial charge is 0.358 e. The number of urea groups is 1. The van der Waals surface area contributed by atoms with Crippen molar-refractivity contribution in [3.63, 3.8) is 0 Å². The second-order valence-corrected chi connectivity index (χ2v) is 3.89. The van der Waals surface area contributed by atoms with Crippen molar-refractivity contribution < 1.29 is 9.59 Å². The fourth-order valence-corrected chi connectivity index (χ4v) is 1.32. The average molecular weight is 250 g/mol. The molecular formula is C12H18N4O2. The molecule has 98 valence electrons. The van der Waals surface area contributed by atoms with E-state index in [1.54, 1.807) is 12.1 Å². The van der Waals surface area contributed by atoms with Crippen LogP contribution < -0.4 is 21.7 Å². The molecule has 5 N–H and O–H groups in total. The summed E-state index contributed by atoms with van der Waals surface area (Å²) in [4.78, 5) is 22.4. The lowest BCUT2D eigenvalue weighted by atomic mass is 10.1. The molecule has 0 fully saturated rings. The van der Waals surface area contributed by atoms with Gasteiger partial charge in [0.2, 0.25) is 5.91 Å². The highest BCUT2D eigenvalue weighted by atomic mass is 16.2. The zero-order valence-electron chi connectivity index (χ0n) is 10.5. The van der Waals surface area contributed by atoms with Gasteiger partial charge in [-0.3, -0.25) is 4.79 Å². The molecule has 0 saturated carbocycles. The van der Waals surface area contributed by atoms with Gasteiger partial charge < -0.3 is 21.7 Å². The van der Waals surface area contributed by atoms with E-state index < -0.39 is 6.03 Å². The second kappa shape index (κ2) is 6.61. The highest BCUT2D eigenvalue weighted by molar-refractivity contribution is 5.92. The standard InChI is InChI=1S/C12H18N4O2/c1-8(13)9-4-3-5-10(6-9)16-12(18)15-7-11(17)14-2/h3-6,8H,7,13H2,1-2H3,(H,14,17)(H2,15,16,18). The molecule has 0 spiro atoms. The number of hydrogen-bond acceptors (Lipinski definition) is 3. The maximum Gasteiger partial charge on any atom is 0.319 e. The van der Waals surface area contributed by atoms with Crippen molar-refractivity contribution in [3.05, 3.63) is 29.8 Å². The number of carbonyl (C=O) groups is 2. The predicted molar refractivity (Wildman–Crippen MR) is 70.1 cm³/mol. The molecule has 1 aromatic carbocycles. The van der Waals surface area contributed by atoms with E-state index in [1.807, 2.05) is 19.1 Å². The number of benzene rings is 1. The first-order valence-corrected chi connectivity index (χ1v) is 5.64. The minimum Gasteiger partial charge on any atom is -0.358 e. The van der Waals surface area contributed by atoms with Crippen LogP contribution in [0.3, 0.4) is 0 Å². The maximum absolute atomic E-state index is 11.5. The molecule has 1 aromatic rings. The van der Waals surface area contributed by atoms with Crippen molar-refractivity contribution in [3.8, 4) is 0 Å². The molecular weight excluding hydrogens is 232 g/mol. The summed E-state index contributed by atoms with van der Waals surface area (Å²) < 4.78 is 0. The Hall–Kier alpha value is -2.08. The van der Waals surface area contributed by atoms with Crippen molar-refractivity contribution in [2.75, 3.05) is 18.9 Å². The van der Waals surface area contributed by atoms with E-state index >= 15 is 0 Å². The van der Waals surface area contributed by atoms with Gasteiger partial charge in [-0.15, -0.1) is 0 Å². The first kappa shape index (κ1) is 14.0. The van der Waals surface area contributed by atoms with Gasteiger partial charge in [-0.2, -0.15) is 0 Å². The minimum atomic E-state index is -0.430. The molecule has 0 aromatic heterocycles. The number of rotatable bonds is 4. The number of likely N-dealkylation sites (N-methyl/N-ethyl adjacent to an activating group) is 1. The van der Waals surface area contributed by atoms with Crippen LogP contribution in [-0.2, 0) is 4.79 Å². The fraction of sp³-hybridized carbons (Fsp3) is 0.333. The lowest BCUT2D eigenvalue weighted by molar-refractivity contribution is -0.119. The van der Waals surface area contributed by atoms with Crippen molar-refractivity contribution in [2.24, 2.45) is 5.73 Å². The molecule has 0 aliphatic carbocycles. The number of nitrogens with one attached hydrogen (secondary N) is 3. The first-order valence-electron chi connectivity index (χ1n) is 5.64. The second-order valence-electron chi connectivity index (χ2n) is 3.89. The Morgan fingerprint density at radius 3 is 2.72 bits per heavy atom. The molecule has 0 aliphatic heterocycles. The quantitative estimate of drug-likeness (QED) is 0.629. The molecule has 0 aliphatic rings. The van der Waals surface area contributed by atoms with Crippen molar-refractivity contribution in [1.82, 2.24) is 10.6 Å². The smallest absolute Gasteiger partial charge is 0.319 e. The topological polar surface area (TPSA) is 96.2 Å². The van der Waals surface area contributed by atoms with Crippen LogP contribution in [0, 0.1) is 0 Å². The van der Waals surface area contributed by atoms with Crippen LogP contribution in [-0.4, -0.2) is 25.5 Å². The van der Waals surface area contributed by atoms with Crippen LogP contribution in [0.2, 0.25) is 0 Å². The molecule has 3 amide bonds. The third-order valence-electron chi connectivity index (χ3n) is 2.36. The summed E-state index contributed by atoms with van der Waals surface area (Å²) in [5.41, 5.74) is 7.32. The zero-order valence-corrected chi connectivity index (χ0v) is 10.5. The van der Waals surface area contributed by atoms with Crippen molar-refractivity contribution >= 4 is 17.6 Å². The van der Waals surface area contributed by atoms with Gasteiger partial charge in [-0.05, 0) is 24.6 Å². The lowest BCUT2D eigenvalue weighted by Crippen LogP contribution is -2.37. The summed E-state index contributed by atoms with van der Waals surface area (Å²) in [5.74, 6) is -0.255.